The van der Waals surface area contributed by atoms with Crippen LogP contribution in [0.4, 0.5) is 18.0 Å². The molecule has 0 bridgehead atoms. The summed E-state index contributed by atoms with van der Waals surface area (Å²) in [5, 5.41) is 0. The van der Waals surface area contributed by atoms with E-state index in [9.17, 15) is 18.0 Å². The number of carbonyl (C=O) groups excluding carboxylic acids is 1. The molecule has 0 rings (SSSR count). The third kappa shape index (κ3) is 7.06. The maximum absolute atomic E-state index is 11.1. The third-order valence-corrected chi connectivity index (χ3v) is 0.367. The van der Waals surface area contributed by atoms with Gasteiger partial charge in [0.1, 0.15) is 0 Å². The first kappa shape index (κ1) is 8.06. The Morgan fingerprint density at radius 1 is 1.56 bits per heavy atom. The number of rotatable bonds is 1. The summed E-state index contributed by atoms with van der Waals surface area (Å²) in [6, 6.07) is 0. The molecule has 0 spiro atoms. The Morgan fingerprint density at radius 2 is 2.00 bits per heavy atom. The first-order chi connectivity index (χ1) is 3.92. The lowest BCUT2D eigenvalue weighted by Crippen LogP contribution is -2.19. The molecule has 0 aliphatic rings. The number of halogens is 3. The van der Waals surface area contributed by atoms with Gasteiger partial charge >= 0.3 is 12.3 Å². The highest BCUT2D eigenvalue weighted by Gasteiger charge is 2.29. The molecule has 1 amide bonds. The standard InChI is InChI=1S/C3H3F3NO2/c4-3(5,6)1-9-2(7)8/h7H,1H2. The maximum Gasteiger partial charge on any atom is 0.426 e. The Kier molecular flexibility index (Phi) is 2.29. The topological polar surface area (TPSA) is 50.1 Å². The summed E-state index contributed by atoms with van der Waals surface area (Å²) in [6.07, 6.45) is -6.20. The Balaban J connectivity index is 3.39. The van der Waals surface area contributed by atoms with E-state index in [1.807, 2.05) is 0 Å². The van der Waals surface area contributed by atoms with E-state index in [4.69, 9.17) is 5.73 Å². The number of carbonyl (C=O) groups is 1. The largest absolute Gasteiger partial charge is 0.439 e. The Labute approximate surface area is 48.6 Å². The highest BCUT2D eigenvalue weighted by Crippen LogP contribution is 2.13. The minimum atomic E-state index is -4.53. The summed E-state index contributed by atoms with van der Waals surface area (Å²) in [4.78, 5) is 9.43. The predicted octanol–water partition coefficient (Wildman–Crippen LogP) is 0.968. The normalized spacial score (nSPS) is 11.0. The summed E-state index contributed by atoms with van der Waals surface area (Å²) >= 11 is 0. The number of nitrogens with one attached hydrogen (secondary N) is 1. The van der Waals surface area contributed by atoms with Crippen molar-refractivity contribution in [1.82, 2.24) is 5.73 Å². The number of alkyl halides is 3. The molecule has 0 unspecified atom stereocenters. The second-order valence-electron chi connectivity index (χ2n) is 1.19. The van der Waals surface area contributed by atoms with Crippen LogP contribution in [0.1, 0.15) is 0 Å². The van der Waals surface area contributed by atoms with Crippen molar-refractivity contribution in [2.75, 3.05) is 6.61 Å². The highest BCUT2D eigenvalue weighted by atomic mass is 19.4. The van der Waals surface area contributed by atoms with E-state index in [0.29, 0.717) is 0 Å². The molecule has 0 saturated heterocycles. The summed E-state index contributed by atoms with van der Waals surface area (Å²) < 4.78 is 36.5. The number of ether oxygens (including phenoxy) is 1. The van der Waals surface area contributed by atoms with Crippen LogP contribution >= 0.6 is 0 Å². The van der Waals surface area contributed by atoms with Crippen LogP contribution in [0.3, 0.4) is 0 Å². The van der Waals surface area contributed by atoms with Crippen molar-refractivity contribution in [3.63, 3.8) is 0 Å². The molecule has 0 fully saturated rings. The molecule has 6 heteroatoms. The fourth-order valence-electron chi connectivity index (χ4n) is 0.147. The first-order valence-electron chi connectivity index (χ1n) is 1.87. The minimum absolute atomic E-state index is 1.67. The van der Waals surface area contributed by atoms with Gasteiger partial charge in [-0.25, -0.2) is 10.5 Å². The molecule has 3 nitrogen and oxygen atoms in total. The van der Waals surface area contributed by atoms with Crippen molar-refractivity contribution in [2.24, 2.45) is 0 Å². The van der Waals surface area contributed by atoms with E-state index in [-0.39, 0.29) is 0 Å². The molecule has 0 aromatic carbocycles. The van der Waals surface area contributed by atoms with Gasteiger partial charge in [-0.15, -0.1) is 0 Å². The van der Waals surface area contributed by atoms with E-state index < -0.39 is 18.9 Å². The van der Waals surface area contributed by atoms with Crippen LogP contribution in [0, 0.1) is 0 Å². The Bertz CT molecular complexity index is 110. The van der Waals surface area contributed by atoms with Gasteiger partial charge in [0.15, 0.2) is 6.61 Å². The smallest absolute Gasteiger partial charge is 0.426 e. The molecule has 0 aliphatic heterocycles. The van der Waals surface area contributed by atoms with E-state index in [1.165, 1.54) is 0 Å². The van der Waals surface area contributed by atoms with E-state index in [1.54, 1.807) is 0 Å². The molecule has 0 heterocycles. The summed E-state index contributed by atoms with van der Waals surface area (Å²) in [5.41, 5.74) is 5.90. The van der Waals surface area contributed by atoms with Crippen LogP contribution in [0.15, 0.2) is 0 Å². The first-order valence-corrected chi connectivity index (χ1v) is 1.87. The summed E-state index contributed by atoms with van der Waals surface area (Å²) in [5.74, 6) is 0. The maximum atomic E-state index is 11.1. The van der Waals surface area contributed by atoms with Gasteiger partial charge in [-0.3, -0.25) is 0 Å². The van der Waals surface area contributed by atoms with Crippen LogP contribution in [0.5, 0.6) is 0 Å². The highest BCUT2D eigenvalue weighted by molar-refractivity contribution is 5.63. The van der Waals surface area contributed by atoms with Gasteiger partial charge in [0.05, 0.1) is 0 Å². The lowest BCUT2D eigenvalue weighted by Gasteiger charge is -2.03. The van der Waals surface area contributed by atoms with Crippen molar-refractivity contribution in [3.8, 4) is 0 Å². The lowest BCUT2D eigenvalue weighted by atomic mass is 10.7. The average molecular weight is 142 g/mol. The number of hydrogen-bond acceptors (Lipinski definition) is 2. The van der Waals surface area contributed by atoms with E-state index in [0.717, 1.165) is 0 Å². The average Bonchev–Trinajstić information content (AvgIpc) is 1.59. The quantitative estimate of drug-likeness (QED) is 0.547. The zero-order valence-electron chi connectivity index (χ0n) is 4.16. The molecule has 9 heavy (non-hydrogen) atoms. The fourth-order valence-corrected chi connectivity index (χ4v) is 0.147. The van der Waals surface area contributed by atoms with Crippen molar-refractivity contribution in [2.45, 2.75) is 6.18 Å². The molecule has 0 aromatic heterocycles. The van der Waals surface area contributed by atoms with Gasteiger partial charge in [0.2, 0.25) is 0 Å². The minimum Gasteiger partial charge on any atom is -0.439 e. The SMILES string of the molecule is [NH]C(=O)OCC(F)(F)F. The zero-order chi connectivity index (χ0) is 7.49. The molecule has 53 valence electrons. The van der Waals surface area contributed by atoms with Crippen LogP contribution in [0.2, 0.25) is 0 Å². The zero-order valence-corrected chi connectivity index (χ0v) is 4.16. The number of hydrogen-bond donors (Lipinski definition) is 0. The van der Waals surface area contributed by atoms with Crippen molar-refractivity contribution in [1.29, 1.82) is 0 Å². The summed E-state index contributed by atoms with van der Waals surface area (Å²) in [7, 11) is 0. The van der Waals surface area contributed by atoms with Crippen LogP contribution in [-0.4, -0.2) is 18.9 Å². The van der Waals surface area contributed by atoms with Gasteiger partial charge in [0, 0.05) is 0 Å². The van der Waals surface area contributed by atoms with Crippen molar-refractivity contribution < 1.29 is 22.7 Å². The molecule has 1 N–H and O–H groups in total. The van der Waals surface area contributed by atoms with Gasteiger partial charge in [-0.2, -0.15) is 13.2 Å². The van der Waals surface area contributed by atoms with Gasteiger partial charge in [-0.1, -0.05) is 0 Å². The molecule has 0 aromatic rings. The van der Waals surface area contributed by atoms with E-state index in [2.05, 4.69) is 4.74 Å². The lowest BCUT2D eigenvalue weighted by molar-refractivity contribution is -0.159. The molecular formula is C3H3F3NO2. The van der Waals surface area contributed by atoms with Crippen LogP contribution in [0.25, 0.3) is 0 Å². The van der Waals surface area contributed by atoms with E-state index >= 15 is 0 Å². The van der Waals surface area contributed by atoms with Crippen LogP contribution < -0.4 is 5.73 Å². The van der Waals surface area contributed by atoms with Crippen molar-refractivity contribution >= 4 is 6.09 Å². The van der Waals surface area contributed by atoms with Crippen LogP contribution in [-0.2, 0) is 4.74 Å². The molecular weight excluding hydrogens is 139 g/mol. The summed E-state index contributed by atoms with van der Waals surface area (Å²) in [6.45, 7) is -1.69. The molecule has 0 aliphatic carbocycles. The third-order valence-electron chi connectivity index (χ3n) is 0.367. The van der Waals surface area contributed by atoms with Gasteiger partial charge < -0.3 is 4.74 Å². The van der Waals surface area contributed by atoms with Gasteiger partial charge in [0.25, 0.3) is 0 Å². The molecule has 0 atom stereocenters. The van der Waals surface area contributed by atoms with Gasteiger partial charge in [-0.05, 0) is 0 Å². The monoisotopic (exact) mass is 142 g/mol. The Hall–Kier alpha value is -0.940. The fraction of sp³-hybridized carbons (Fsp3) is 0.667. The second-order valence-corrected chi connectivity index (χ2v) is 1.19. The predicted molar refractivity (Wildman–Crippen MR) is 20.5 cm³/mol. The second kappa shape index (κ2) is 2.56. The Morgan fingerprint density at radius 3 is 2.11 bits per heavy atom. The van der Waals surface area contributed by atoms with Crippen molar-refractivity contribution in [3.05, 3.63) is 0 Å². The number of amides is 1. The molecule has 0 saturated carbocycles. The molecule has 1 radical (unpaired) electrons.